The van der Waals surface area contributed by atoms with Crippen LogP contribution < -0.4 is 5.32 Å². The van der Waals surface area contributed by atoms with Crippen LogP contribution in [0.4, 0.5) is 0 Å². The third kappa shape index (κ3) is 3.17. The zero-order valence-electron chi connectivity index (χ0n) is 12.4. The van der Waals surface area contributed by atoms with Gasteiger partial charge in [0.05, 0.1) is 0 Å². The zero-order valence-corrected chi connectivity index (χ0v) is 14.0. The molecule has 2 fully saturated rings. The molecule has 1 unspecified atom stereocenters. The summed E-state index contributed by atoms with van der Waals surface area (Å²) in [6, 6.07) is 4.07. The molecule has 2 aliphatic heterocycles. The van der Waals surface area contributed by atoms with Gasteiger partial charge in [-0.2, -0.15) is 4.31 Å². The van der Waals surface area contributed by atoms with E-state index in [2.05, 4.69) is 10.2 Å². The third-order valence-corrected chi connectivity index (χ3v) is 7.78. The van der Waals surface area contributed by atoms with E-state index in [-0.39, 0.29) is 0 Å². The van der Waals surface area contributed by atoms with Crippen LogP contribution in [0.3, 0.4) is 0 Å². The second-order valence-electron chi connectivity index (χ2n) is 5.80. The quantitative estimate of drug-likeness (QED) is 0.885. The van der Waals surface area contributed by atoms with Crippen molar-refractivity contribution < 1.29 is 8.42 Å². The number of rotatable bonds is 5. The molecule has 1 aromatic heterocycles. The summed E-state index contributed by atoms with van der Waals surface area (Å²) < 4.78 is 27.6. The Bertz CT molecular complexity index is 579. The van der Waals surface area contributed by atoms with Crippen LogP contribution >= 0.6 is 11.3 Å². The van der Waals surface area contributed by atoms with Gasteiger partial charge in [0.2, 0.25) is 0 Å². The number of nitrogens with one attached hydrogen (secondary N) is 1. The van der Waals surface area contributed by atoms with Crippen LogP contribution in [0.1, 0.15) is 24.1 Å². The zero-order chi connectivity index (χ0) is 14.9. The van der Waals surface area contributed by atoms with E-state index in [0.717, 1.165) is 30.9 Å². The van der Waals surface area contributed by atoms with Crippen molar-refractivity contribution in [2.24, 2.45) is 0 Å². The van der Waals surface area contributed by atoms with Crippen molar-refractivity contribution in [1.29, 1.82) is 0 Å². The number of thiophene rings is 1. The molecule has 3 heterocycles. The Morgan fingerprint density at radius 3 is 2.76 bits per heavy atom. The van der Waals surface area contributed by atoms with Crippen LogP contribution in [0.2, 0.25) is 0 Å². The van der Waals surface area contributed by atoms with Gasteiger partial charge >= 0.3 is 0 Å². The van der Waals surface area contributed by atoms with Crippen LogP contribution in [-0.2, 0) is 16.6 Å². The Kier molecular flexibility index (Phi) is 4.66. The van der Waals surface area contributed by atoms with Gasteiger partial charge < -0.3 is 5.32 Å². The van der Waals surface area contributed by atoms with Crippen LogP contribution in [0.5, 0.6) is 0 Å². The molecule has 0 amide bonds. The molecule has 2 saturated heterocycles. The summed E-state index contributed by atoms with van der Waals surface area (Å²) in [6.45, 7) is 4.29. The van der Waals surface area contributed by atoms with E-state index < -0.39 is 10.0 Å². The second-order valence-corrected chi connectivity index (χ2v) is 9.13. The van der Waals surface area contributed by atoms with Crippen molar-refractivity contribution in [2.45, 2.75) is 36.1 Å². The maximum atomic E-state index is 12.7. The van der Waals surface area contributed by atoms with E-state index in [0.29, 0.717) is 23.3 Å². The maximum Gasteiger partial charge on any atom is 0.252 e. The monoisotopic (exact) mass is 329 g/mol. The van der Waals surface area contributed by atoms with Gasteiger partial charge in [-0.15, -0.1) is 11.3 Å². The minimum atomic E-state index is -3.30. The van der Waals surface area contributed by atoms with E-state index in [1.165, 1.54) is 24.2 Å². The van der Waals surface area contributed by atoms with Crippen molar-refractivity contribution in [2.75, 3.05) is 33.2 Å². The van der Waals surface area contributed by atoms with Crippen molar-refractivity contribution >= 4 is 21.4 Å². The lowest BCUT2D eigenvalue weighted by molar-refractivity contribution is 0.251. The van der Waals surface area contributed by atoms with Gasteiger partial charge in [0, 0.05) is 30.6 Å². The maximum absolute atomic E-state index is 12.7. The molecule has 1 atom stereocenters. The highest BCUT2D eigenvalue weighted by Crippen LogP contribution is 2.29. The van der Waals surface area contributed by atoms with Crippen LogP contribution in [0, 0.1) is 0 Å². The molecule has 1 N–H and O–H groups in total. The fourth-order valence-corrected chi connectivity index (χ4v) is 6.24. The SMILES string of the molecule is CNCc1ccc(S(=O)(=O)N2CCC(N3CCCC3)C2)s1. The fourth-order valence-electron chi connectivity index (χ4n) is 3.23. The van der Waals surface area contributed by atoms with Crippen LogP contribution in [0.25, 0.3) is 0 Å². The summed E-state index contributed by atoms with van der Waals surface area (Å²) in [7, 11) is -1.43. The highest BCUT2D eigenvalue weighted by atomic mass is 32.2. The van der Waals surface area contributed by atoms with Crippen molar-refractivity contribution in [1.82, 2.24) is 14.5 Å². The van der Waals surface area contributed by atoms with Crippen molar-refractivity contribution in [3.8, 4) is 0 Å². The molecule has 2 aliphatic rings. The molecule has 21 heavy (non-hydrogen) atoms. The Morgan fingerprint density at radius 2 is 2.05 bits per heavy atom. The van der Waals surface area contributed by atoms with Crippen LogP contribution in [-0.4, -0.2) is 56.9 Å². The molecule has 5 nitrogen and oxygen atoms in total. The Morgan fingerprint density at radius 1 is 1.29 bits per heavy atom. The van der Waals surface area contributed by atoms with E-state index in [4.69, 9.17) is 0 Å². The van der Waals surface area contributed by atoms with Gasteiger partial charge in [0.1, 0.15) is 4.21 Å². The molecule has 3 rings (SSSR count). The minimum Gasteiger partial charge on any atom is -0.315 e. The first-order valence-electron chi connectivity index (χ1n) is 7.59. The van der Waals surface area contributed by atoms with Gasteiger partial charge in [-0.05, 0) is 51.5 Å². The van der Waals surface area contributed by atoms with Gasteiger partial charge in [-0.1, -0.05) is 0 Å². The molecule has 0 spiro atoms. The van der Waals surface area contributed by atoms with Crippen LogP contribution in [0.15, 0.2) is 16.3 Å². The van der Waals surface area contributed by atoms with Crippen molar-refractivity contribution in [3.63, 3.8) is 0 Å². The standard InChI is InChI=1S/C14H23N3O2S2/c1-15-10-13-4-5-14(20-13)21(18,19)17-9-6-12(11-17)16-7-2-3-8-16/h4-5,12,15H,2-3,6-11H2,1H3. The molecule has 0 aliphatic carbocycles. The highest BCUT2D eigenvalue weighted by molar-refractivity contribution is 7.91. The van der Waals surface area contributed by atoms with Gasteiger partial charge in [0.25, 0.3) is 10.0 Å². The average molecular weight is 329 g/mol. The Hall–Kier alpha value is -0.470. The number of hydrogen-bond donors (Lipinski definition) is 1. The predicted molar refractivity (Wildman–Crippen MR) is 85.1 cm³/mol. The summed E-state index contributed by atoms with van der Waals surface area (Å²) >= 11 is 1.38. The first-order chi connectivity index (χ1) is 10.1. The number of sulfonamides is 1. The Balaban J connectivity index is 1.70. The fraction of sp³-hybridized carbons (Fsp3) is 0.714. The third-order valence-electron chi connectivity index (χ3n) is 4.37. The number of likely N-dealkylation sites (tertiary alicyclic amines) is 1. The van der Waals surface area contributed by atoms with E-state index in [1.54, 1.807) is 10.4 Å². The minimum absolute atomic E-state index is 0.416. The van der Waals surface area contributed by atoms with E-state index >= 15 is 0 Å². The topological polar surface area (TPSA) is 52.7 Å². The van der Waals surface area contributed by atoms with Crippen molar-refractivity contribution in [3.05, 3.63) is 17.0 Å². The summed E-state index contributed by atoms with van der Waals surface area (Å²) in [5.41, 5.74) is 0. The van der Waals surface area contributed by atoms with Gasteiger partial charge in [0.15, 0.2) is 0 Å². The summed E-state index contributed by atoms with van der Waals surface area (Å²) in [4.78, 5) is 3.52. The lowest BCUT2D eigenvalue weighted by Gasteiger charge is -2.23. The molecule has 0 bridgehead atoms. The predicted octanol–water partition coefficient (Wildman–Crippen LogP) is 1.33. The molecule has 0 aromatic carbocycles. The van der Waals surface area contributed by atoms with Gasteiger partial charge in [-0.3, -0.25) is 4.90 Å². The molecule has 0 radical (unpaired) electrons. The second kappa shape index (κ2) is 6.34. The molecular formula is C14H23N3O2S2. The largest absolute Gasteiger partial charge is 0.315 e. The first kappa shape index (κ1) is 15.4. The van der Waals surface area contributed by atoms with E-state index in [9.17, 15) is 8.42 Å². The lowest BCUT2D eigenvalue weighted by atomic mass is 10.2. The summed E-state index contributed by atoms with van der Waals surface area (Å²) in [5.74, 6) is 0. The summed E-state index contributed by atoms with van der Waals surface area (Å²) in [6.07, 6.45) is 3.47. The average Bonchev–Trinajstić information content (AvgIpc) is 3.20. The smallest absolute Gasteiger partial charge is 0.252 e. The van der Waals surface area contributed by atoms with E-state index in [1.807, 2.05) is 13.1 Å². The molecule has 118 valence electrons. The molecular weight excluding hydrogens is 306 g/mol. The first-order valence-corrected chi connectivity index (χ1v) is 9.84. The molecule has 1 aromatic rings. The molecule has 7 heteroatoms. The normalized spacial score (nSPS) is 24.9. The lowest BCUT2D eigenvalue weighted by Crippen LogP contribution is -2.36. The Labute approximate surface area is 131 Å². The summed E-state index contributed by atoms with van der Waals surface area (Å²) in [5, 5.41) is 3.06. The number of hydrogen-bond acceptors (Lipinski definition) is 5. The number of nitrogens with zero attached hydrogens (tertiary/aromatic N) is 2. The highest BCUT2D eigenvalue weighted by Gasteiger charge is 2.36. The molecule has 0 saturated carbocycles. The van der Waals surface area contributed by atoms with Gasteiger partial charge in [-0.25, -0.2) is 8.42 Å².